The monoisotopic (exact) mass is 340 g/mol. The fourth-order valence-corrected chi connectivity index (χ4v) is 3.65. The molecule has 3 aromatic rings. The molecule has 1 aliphatic carbocycles. The summed E-state index contributed by atoms with van der Waals surface area (Å²) in [6.45, 7) is 0. The van der Waals surface area contributed by atoms with Crippen molar-refractivity contribution in [3.05, 3.63) is 59.6 Å². The van der Waals surface area contributed by atoms with Gasteiger partial charge in [0.05, 0.1) is 18.4 Å². The summed E-state index contributed by atoms with van der Waals surface area (Å²) in [6.07, 6.45) is 7.43. The van der Waals surface area contributed by atoms with E-state index in [0.717, 1.165) is 18.4 Å². The van der Waals surface area contributed by atoms with Crippen molar-refractivity contribution in [2.45, 2.75) is 24.9 Å². The molecule has 0 aliphatic heterocycles. The van der Waals surface area contributed by atoms with Gasteiger partial charge in [0.1, 0.15) is 5.51 Å². The standard InChI is InChI=1S/C16H16N6OS/c23-15(20-16-21-18-10-24-16)19-14-12-4-2-1-3-11(12)5-6-13(14)22-8-7-17-9-22/h1-4,7-10,13-14H,5-6H2,(H2,19,20,21,23)/t13-,14+/m1/s1. The number of carbonyl (C=O) groups excluding carboxylic acids is 1. The molecule has 0 fully saturated rings. The molecule has 24 heavy (non-hydrogen) atoms. The van der Waals surface area contributed by atoms with E-state index in [1.165, 1.54) is 16.9 Å². The second-order valence-electron chi connectivity index (χ2n) is 5.63. The van der Waals surface area contributed by atoms with Crippen LogP contribution in [0, 0.1) is 0 Å². The molecular weight excluding hydrogens is 324 g/mol. The summed E-state index contributed by atoms with van der Waals surface area (Å²) in [4.78, 5) is 16.5. The zero-order valence-electron chi connectivity index (χ0n) is 12.8. The van der Waals surface area contributed by atoms with E-state index in [1.54, 1.807) is 18.0 Å². The Labute approximate surface area is 142 Å². The molecule has 0 bridgehead atoms. The van der Waals surface area contributed by atoms with Crippen LogP contribution >= 0.6 is 11.3 Å². The van der Waals surface area contributed by atoms with Crippen LogP contribution in [0.5, 0.6) is 0 Å². The largest absolute Gasteiger partial charge is 0.332 e. The van der Waals surface area contributed by atoms with Crippen LogP contribution in [0.25, 0.3) is 0 Å². The molecule has 0 spiro atoms. The van der Waals surface area contributed by atoms with E-state index in [1.807, 2.05) is 18.3 Å². The van der Waals surface area contributed by atoms with Gasteiger partial charge in [-0.25, -0.2) is 9.78 Å². The second kappa shape index (κ2) is 6.40. The highest BCUT2D eigenvalue weighted by molar-refractivity contribution is 7.13. The number of nitrogens with zero attached hydrogens (tertiary/aromatic N) is 4. The molecule has 7 nitrogen and oxygen atoms in total. The van der Waals surface area contributed by atoms with Gasteiger partial charge in [-0.05, 0) is 24.0 Å². The van der Waals surface area contributed by atoms with Crippen molar-refractivity contribution in [3.63, 3.8) is 0 Å². The number of hydrogen-bond acceptors (Lipinski definition) is 5. The van der Waals surface area contributed by atoms with Gasteiger partial charge in [0, 0.05) is 12.4 Å². The number of nitrogens with one attached hydrogen (secondary N) is 2. The summed E-state index contributed by atoms with van der Waals surface area (Å²) in [5.74, 6) is 0. The van der Waals surface area contributed by atoms with Crippen molar-refractivity contribution >= 4 is 22.5 Å². The molecule has 0 saturated heterocycles. The van der Waals surface area contributed by atoms with Crippen LogP contribution in [0.15, 0.2) is 48.5 Å². The summed E-state index contributed by atoms with van der Waals surface area (Å²) in [5.41, 5.74) is 4.00. The average molecular weight is 340 g/mol. The van der Waals surface area contributed by atoms with Gasteiger partial charge in [0.25, 0.3) is 0 Å². The molecule has 0 unspecified atom stereocenters. The molecule has 4 rings (SSSR count). The lowest BCUT2D eigenvalue weighted by Crippen LogP contribution is -2.39. The molecule has 122 valence electrons. The summed E-state index contributed by atoms with van der Waals surface area (Å²) in [7, 11) is 0. The van der Waals surface area contributed by atoms with Crippen LogP contribution < -0.4 is 10.6 Å². The minimum absolute atomic E-state index is 0.127. The van der Waals surface area contributed by atoms with Gasteiger partial charge >= 0.3 is 6.03 Å². The molecule has 1 aromatic carbocycles. The van der Waals surface area contributed by atoms with E-state index in [2.05, 4.69) is 42.5 Å². The highest BCUT2D eigenvalue weighted by atomic mass is 32.1. The highest BCUT2D eigenvalue weighted by Crippen LogP contribution is 2.37. The van der Waals surface area contributed by atoms with E-state index in [-0.39, 0.29) is 18.1 Å². The summed E-state index contributed by atoms with van der Waals surface area (Å²) in [5, 5.41) is 13.9. The predicted octanol–water partition coefficient (Wildman–Crippen LogP) is 2.78. The lowest BCUT2D eigenvalue weighted by Gasteiger charge is -2.34. The molecule has 8 heteroatoms. The van der Waals surface area contributed by atoms with Gasteiger partial charge < -0.3 is 9.88 Å². The smallest absolute Gasteiger partial charge is 0.321 e. The van der Waals surface area contributed by atoms with Gasteiger partial charge in [-0.2, -0.15) is 0 Å². The van der Waals surface area contributed by atoms with Crippen molar-refractivity contribution in [2.75, 3.05) is 5.32 Å². The van der Waals surface area contributed by atoms with Crippen molar-refractivity contribution in [2.24, 2.45) is 0 Å². The van der Waals surface area contributed by atoms with Gasteiger partial charge in [-0.15, -0.1) is 10.2 Å². The molecule has 2 N–H and O–H groups in total. The Morgan fingerprint density at radius 1 is 1.33 bits per heavy atom. The maximum atomic E-state index is 12.4. The first kappa shape index (κ1) is 14.8. The number of benzene rings is 1. The molecule has 2 atom stereocenters. The van der Waals surface area contributed by atoms with Gasteiger partial charge in [-0.3, -0.25) is 5.32 Å². The highest BCUT2D eigenvalue weighted by Gasteiger charge is 2.31. The van der Waals surface area contributed by atoms with Crippen LogP contribution in [0.4, 0.5) is 9.93 Å². The number of urea groups is 1. The number of rotatable bonds is 3. The Morgan fingerprint density at radius 3 is 3.04 bits per heavy atom. The first-order chi connectivity index (χ1) is 11.8. The predicted molar refractivity (Wildman–Crippen MR) is 90.8 cm³/mol. The number of hydrogen-bond donors (Lipinski definition) is 2. The molecular formula is C16H16N6OS. The molecule has 0 radical (unpaired) electrons. The lowest BCUT2D eigenvalue weighted by atomic mass is 9.84. The summed E-state index contributed by atoms with van der Waals surface area (Å²) >= 11 is 1.29. The second-order valence-corrected chi connectivity index (χ2v) is 6.47. The van der Waals surface area contributed by atoms with Crippen molar-refractivity contribution in [1.29, 1.82) is 0 Å². The average Bonchev–Trinajstić information content (AvgIpc) is 3.29. The maximum Gasteiger partial charge on any atom is 0.321 e. The molecule has 0 saturated carbocycles. The van der Waals surface area contributed by atoms with Gasteiger partial charge in [0.2, 0.25) is 5.13 Å². The third kappa shape index (κ3) is 2.88. The third-order valence-electron chi connectivity index (χ3n) is 4.26. The normalized spacial score (nSPS) is 19.5. The molecule has 2 heterocycles. The molecule has 2 amide bonds. The Hall–Kier alpha value is -2.74. The van der Waals surface area contributed by atoms with E-state index in [9.17, 15) is 4.79 Å². The van der Waals surface area contributed by atoms with E-state index < -0.39 is 0 Å². The number of fused-ring (bicyclic) bond motifs is 1. The van der Waals surface area contributed by atoms with Gasteiger partial charge in [-0.1, -0.05) is 35.6 Å². The van der Waals surface area contributed by atoms with Crippen LogP contribution in [0.3, 0.4) is 0 Å². The molecule has 1 aliphatic rings. The number of carbonyl (C=O) groups is 1. The Bertz CT molecular complexity index is 817. The SMILES string of the molecule is O=C(Nc1nncs1)N[C@H]1c2ccccc2CC[C@H]1n1ccnc1. The number of imidazole rings is 1. The quantitative estimate of drug-likeness (QED) is 0.768. The Kier molecular flexibility index (Phi) is 3.96. The fraction of sp³-hybridized carbons (Fsp3) is 0.250. The fourth-order valence-electron chi connectivity index (χ4n) is 3.21. The van der Waals surface area contributed by atoms with E-state index >= 15 is 0 Å². The Morgan fingerprint density at radius 2 is 2.25 bits per heavy atom. The first-order valence-electron chi connectivity index (χ1n) is 7.70. The Balaban J connectivity index is 1.61. The summed E-state index contributed by atoms with van der Waals surface area (Å²) in [6, 6.07) is 7.96. The molecule has 2 aromatic heterocycles. The number of anilines is 1. The zero-order valence-corrected chi connectivity index (χ0v) is 13.6. The van der Waals surface area contributed by atoms with Crippen LogP contribution in [0.1, 0.15) is 29.6 Å². The van der Waals surface area contributed by atoms with Gasteiger partial charge in [0.15, 0.2) is 0 Å². The van der Waals surface area contributed by atoms with Crippen molar-refractivity contribution in [3.8, 4) is 0 Å². The third-order valence-corrected chi connectivity index (χ3v) is 4.87. The van der Waals surface area contributed by atoms with E-state index in [0.29, 0.717) is 5.13 Å². The topological polar surface area (TPSA) is 84.7 Å². The maximum absolute atomic E-state index is 12.4. The first-order valence-corrected chi connectivity index (χ1v) is 8.58. The van der Waals surface area contributed by atoms with Crippen LogP contribution in [0.2, 0.25) is 0 Å². The zero-order chi connectivity index (χ0) is 16.4. The van der Waals surface area contributed by atoms with Crippen molar-refractivity contribution in [1.82, 2.24) is 25.1 Å². The van der Waals surface area contributed by atoms with Crippen molar-refractivity contribution < 1.29 is 4.79 Å². The van der Waals surface area contributed by atoms with E-state index in [4.69, 9.17) is 0 Å². The summed E-state index contributed by atoms with van der Waals surface area (Å²) < 4.78 is 2.06. The number of amides is 2. The van der Waals surface area contributed by atoms with Crippen LogP contribution in [-0.2, 0) is 6.42 Å². The number of aryl methyl sites for hydroxylation is 1. The minimum Gasteiger partial charge on any atom is -0.332 e. The minimum atomic E-state index is -0.279. The van der Waals surface area contributed by atoms with Crippen LogP contribution in [-0.4, -0.2) is 25.8 Å². The lowest BCUT2D eigenvalue weighted by molar-refractivity contribution is 0.239. The number of aromatic nitrogens is 4.